The van der Waals surface area contributed by atoms with Crippen molar-refractivity contribution < 1.29 is 9.59 Å². The van der Waals surface area contributed by atoms with Gasteiger partial charge in [0.05, 0.1) is 24.2 Å². The second kappa shape index (κ2) is 10.6. The van der Waals surface area contributed by atoms with Crippen LogP contribution < -0.4 is 5.32 Å². The van der Waals surface area contributed by atoms with Crippen LogP contribution in [0.5, 0.6) is 0 Å². The summed E-state index contributed by atoms with van der Waals surface area (Å²) >= 11 is 1.63. The average molecular weight is 448 g/mol. The Labute approximate surface area is 193 Å². The number of nitrogens with zero attached hydrogens (tertiary/aromatic N) is 2. The van der Waals surface area contributed by atoms with Crippen molar-refractivity contribution in [3.05, 3.63) is 87.9 Å². The first-order valence-corrected chi connectivity index (χ1v) is 12.1. The predicted molar refractivity (Wildman–Crippen MR) is 127 cm³/mol. The van der Waals surface area contributed by atoms with Crippen molar-refractivity contribution in [3.63, 3.8) is 0 Å². The van der Waals surface area contributed by atoms with Crippen LogP contribution in [0.1, 0.15) is 53.9 Å². The minimum Gasteiger partial charge on any atom is -0.344 e. The smallest absolute Gasteiger partial charge is 0.226 e. The summed E-state index contributed by atoms with van der Waals surface area (Å²) in [4.78, 5) is 32.8. The number of nitrogens with one attached hydrogen (secondary N) is 1. The van der Waals surface area contributed by atoms with Gasteiger partial charge in [0.1, 0.15) is 0 Å². The third kappa shape index (κ3) is 5.43. The first-order chi connectivity index (χ1) is 15.6. The quantitative estimate of drug-likeness (QED) is 0.515. The molecule has 2 amide bonds. The van der Waals surface area contributed by atoms with E-state index in [1.54, 1.807) is 22.4 Å². The number of rotatable bonds is 9. The molecule has 1 saturated heterocycles. The molecule has 32 heavy (non-hydrogen) atoms. The third-order valence-corrected chi connectivity index (χ3v) is 6.85. The van der Waals surface area contributed by atoms with E-state index in [0.29, 0.717) is 13.1 Å². The van der Waals surface area contributed by atoms with Crippen LogP contribution in [0.2, 0.25) is 0 Å². The zero-order valence-corrected chi connectivity index (χ0v) is 19.2. The summed E-state index contributed by atoms with van der Waals surface area (Å²) in [5, 5.41) is 5.25. The SMILES string of the molecule is CCCCc1ccc(C(NC(=O)C2CC(=O)N(Cc3ccccn3)C2)c2cccs2)cc1. The molecule has 4 rings (SSSR count). The Bertz CT molecular complexity index is 1020. The van der Waals surface area contributed by atoms with Crippen LogP contribution >= 0.6 is 11.3 Å². The topological polar surface area (TPSA) is 62.3 Å². The van der Waals surface area contributed by atoms with Crippen molar-refractivity contribution in [2.45, 2.75) is 45.2 Å². The fraction of sp³-hybridized carbons (Fsp3) is 0.346. The molecule has 6 heteroatoms. The Morgan fingerprint density at radius 3 is 2.72 bits per heavy atom. The zero-order valence-electron chi connectivity index (χ0n) is 18.4. The van der Waals surface area contributed by atoms with E-state index in [2.05, 4.69) is 41.5 Å². The van der Waals surface area contributed by atoms with Crippen LogP contribution in [0.25, 0.3) is 0 Å². The Kier molecular flexibility index (Phi) is 7.32. The van der Waals surface area contributed by atoms with Gasteiger partial charge in [0, 0.05) is 24.0 Å². The molecule has 1 N–H and O–H groups in total. The van der Waals surface area contributed by atoms with E-state index in [4.69, 9.17) is 0 Å². The minimum atomic E-state index is -0.350. The van der Waals surface area contributed by atoms with Gasteiger partial charge in [0.15, 0.2) is 0 Å². The molecular formula is C26H29N3O2S. The first kappa shape index (κ1) is 22.2. The van der Waals surface area contributed by atoms with Gasteiger partial charge in [-0.15, -0.1) is 11.3 Å². The zero-order chi connectivity index (χ0) is 22.3. The standard InChI is InChI=1S/C26H29N3O2S/c1-2-3-7-19-10-12-20(13-11-19)25(23-9-6-15-32-23)28-26(31)21-16-24(30)29(17-21)18-22-8-4-5-14-27-22/h4-6,8-15,21,25H,2-3,7,16-18H2,1H3,(H,28,31). The number of likely N-dealkylation sites (tertiary alicyclic amines) is 1. The van der Waals surface area contributed by atoms with Gasteiger partial charge in [0.25, 0.3) is 0 Å². The van der Waals surface area contributed by atoms with Crippen molar-refractivity contribution in [2.75, 3.05) is 6.54 Å². The number of carbonyl (C=O) groups is 2. The first-order valence-electron chi connectivity index (χ1n) is 11.2. The van der Waals surface area contributed by atoms with Crippen molar-refractivity contribution in [3.8, 4) is 0 Å². The lowest BCUT2D eigenvalue weighted by molar-refractivity contribution is -0.129. The van der Waals surface area contributed by atoms with Gasteiger partial charge in [-0.1, -0.05) is 49.7 Å². The van der Waals surface area contributed by atoms with Crippen molar-refractivity contribution in [2.24, 2.45) is 5.92 Å². The summed E-state index contributed by atoms with van der Waals surface area (Å²) in [7, 11) is 0. The van der Waals surface area contributed by atoms with Crippen LogP contribution in [0.4, 0.5) is 0 Å². The monoisotopic (exact) mass is 447 g/mol. The van der Waals surface area contributed by atoms with Crippen LogP contribution in [0.3, 0.4) is 0 Å². The van der Waals surface area contributed by atoms with Crippen LogP contribution in [0, 0.1) is 5.92 Å². The van der Waals surface area contributed by atoms with E-state index < -0.39 is 0 Å². The highest BCUT2D eigenvalue weighted by Crippen LogP contribution is 2.28. The molecule has 0 radical (unpaired) electrons. The van der Waals surface area contributed by atoms with Gasteiger partial charge in [-0.05, 0) is 47.5 Å². The molecule has 0 saturated carbocycles. The van der Waals surface area contributed by atoms with E-state index in [1.165, 1.54) is 18.4 Å². The highest BCUT2D eigenvalue weighted by Gasteiger charge is 2.35. The molecule has 1 fully saturated rings. The highest BCUT2D eigenvalue weighted by atomic mass is 32.1. The fourth-order valence-electron chi connectivity index (χ4n) is 4.08. The molecule has 0 spiro atoms. The van der Waals surface area contributed by atoms with Crippen molar-refractivity contribution >= 4 is 23.2 Å². The van der Waals surface area contributed by atoms with E-state index in [9.17, 15) is 9.59 Å². The van der Waals surface area contributed by atoms with E-state index in [-0.39, 0.29) is 30.2 Å². The number of benzene rings is 1. The summed E-state index contributed by atoms with van der Waals surface area (Å²) in [5.74, 6) is -0.420. The predicted octanol–water partition coefficient (Wildman–Crippen LogP) is 4.74. The number of thiophene rings is 1. The molecule has 1 aliphatic heterocycles. The number of hydrogen-bond donors (Lipinski definition) is 1. The summed E-state index contributed by atoms with van der Waals surface area (Å²) in [6.45, 7) is 3.06. The minimum absolute atomic E-state index is 0.00348. The van der Waals surface area contributed by atoms with Crippen LogP contribution in [-0.2, 0) is 22.6 Å². The van der Waals surface area contributed by atoms with Gasteiger partial charge in [-0.25, -0.2) is 0 Å². The normalized spacial score (nSPS) is 16.8. The maximum absolute atomic E-state index is 13.2. The molecule has 5 nitrogen and oxygen atoms in total. The van der Waals surface area contributed by atoms with Gasteiger partial charge in [-0.3, -0.25) is 14.6 Å². The molecule has 3 aromatic rings. The molecule has 0 aliphatic carbocycles. The number of hydrogen-bond acceptors (Lipinski definition) is 4. The number of aryl methyl sites for hydroxylation is 1. The maximum atomic E-state index is 13.2. The van der Waals surface area contributed by atoms with Gasteiger partial charge < -0.3 is 10.2 Å². The molecule has 1 aromatic carbocycles. The van der Waals surface area contributed by atoms with Gasteiger partial charge in [0.2, 0.25) is 11.8 Å². The highest BCUT2D eigenvalue weighted by molar-refractivity contribution is 7.10. The summed E-state index contributed by atoms with van der Waals surface area (Å²) in [5.41, 5.74) is 3.22. The van der Waals surface area contributed by atoms with E-state index in [0.717, 1.165) is 22.6 Å². The van der Waals surface area contributed by atoms with Crippen molar-refractivity contribution in [1.82, 2.24) is 15.2 Å². The van der Waals surface area contributed by atoms with E-state index >= 15 is 0 Å². The molecule has 1 aliphatic rings. The number of pyridine rings is 1. The molecule has 166 valence electrons. The maximum Gasteiger partial charge on any atom is 0.226 e. The van der Waals surface area contributed by atoms with Crippen LogP contribution in [-0.4, -0.2) is 28.2 Å². The summed E-state index contributed by atoms with van der Waals surface area (Å²) < 4.78 is 0. The van der Waals surface area contributed by atoms with Crippen molar-refractivity contribution in [1.29, 1.82) is 0 Å². The molecule has 2 unspecified atom stereocenters. The summed E-state index contributed by atoms with van der Waals surface area (Å²) in [6, 6.07) is 18.1. The molecular weight excluding hydrogens is 418 g/mol. The lowest BCUT2D eigenvalue weighted by atomic mass is 10.00. The number of aromatic nitrogens is 1. The molecule has 0 bridgehead atoms. The molecule has 2 aromatic heterocycles. The largest absolute Gasteiger partial charge is 0.344 e. The number of unbranched alkanes of at least 4 members (excludes halogenated alkanes) is 1. The molecule has 3 heterocycles. The fourth-order valence-corrected chi connectivity index (χ4v) is 4.88. The third-order valence-electron chi connectivity index (χ3n) is 5.91. The Balaban J connectivity index is 1.44. The number of amides is 2. The molecule has 2 atom stereocenters. The second-order valence-corrected chi connectivity index (χ2v) is 9.28. The summed E-state index contributed by atoms with van der Waals surface area (Å²) in [6.07, 6.45) is 5.39. The number of carbonyl (C=O) groups excluding carboxylic acids is 2. The Hall–Kier alpha value is -2.99. The van der Waals surface area contributed by atoms with Crippen LogP contribution in [0.15, 0.2) is 66.2 Å². The average Bonchev–Trinajstić information content (AvgIpc) is 3.48. The van der Waals surface area contributed by atoms with Gasteiger partial charge >= 0.3 is 0 Å². The Morgan fingerprint density at radius 1 is 1.19 bits per heavy atom. The second-order valence-electron chi connectivity index (χ2n) is 8.30. The van der Waals surface area contributed by atoms with E-state index in [1.807, 2.05) is 35.7 Å². The lowest BCUT2D eigenvalue weighted by Crippen LogP contribution is -2.35. The lowest BCUT2D eigenvalue weighted by Gasteiger charge is -2.21. The van der Waals surface area contributed by atoms with Gasteiger partial charge in [-0.2, -0.15) is 0 Å². The Morgan fingerprint density at radius 2 is 2.03 bits per heavy atom.